The Balaban J connectivity index is 2.31. The summed E-state index contributed by atoms with van der Waals surface area (Å²) in [6.07, 6.45) is -5.43. The highest BCUT2D eigenvalue weighted by molar-refractivity contribution is 7.90. The molecule has 0 aliphatic carbocycles. The molecule has 0 aliphatic rings. The average Bonchev–Trinajstić information content (AvgIpc) is 2.85. The van der Waals surface area contributed by atoms with Crippen LogP contribution >= 0.6 is 34.8 Å². The molecule has 1 heterocycles. The largest absolute Gasteiger partial charge is 0.455 e. The molecule has 0 radical (unpaired) electrons. The summed E-state index contributed by atoms with van der Waals surface area (Å²) in [6.45, 7) is -1.96. The van der Waals surface area contributed by atoms with Gasteiger partial charge < -0.3 is 4.57 Å². The molecular weight excluding hydrogens is 480 g/mol. The van der Waals surface area contributed by atoms with Gasteiger partial charge in [0.15, 0.2) is 5.69 Å². The Labute approximate surface area is 169 Å². The predicted octanol–water partition coefficient (Wildman–Crippen LogP) is 4.16. The summed E-state index contributed by atoms with van der Waals surface area (Å²) in [7, 11) is -4.63. The molecule has 1 aromatic carbocycles. The second-order valence-electron chi connectivity index (χ2n) is 5.20. The third kappa shape index (κ3) is 4.50. The third-order valence-electron chi connectivity index (χ3n) is 3.19. The van der Waals surface area contributed by atoms with Crippen LogP contribution in [-0.4, -0.2) is 36.0 Å². The van der Waals surface area contributed by atoms with Crippen molar-refractivity contribution < 1.29 is 35.2 Å². The van der Waals surface area contributed by atoms with Crippen molar-refractivity contribution in [3.05, 3.63) is 45.4 Å². The van der Waals surface area contributed by atoms with Crippen LogP contribution in [0.5, 0.6) is 0 Å². The number of benzene rings is 1. The molecule has 1 amide bonds. The zero-order chi connectivity index (χ0) is 21.5. The maximum Gasteiger partial charge on any atom is 0.455 e. The van der Waals surface area contributed by atoms with E-state index >= 15 is 0 Å². The quantitative estimate of drug-likeness (QED) is 0.644. The fraction of sp³-hybridized carbons (Fsp3) is 0.231. The lowest BCUT2D eigenvalue weighted by Gasteiger charge is -2.20. The van der Waals surface area contributed by atoms with Gasteiger partial charge in [-0.05, 0) is 12.1 Å². The van der Waals surface area contributed by atoms with Crippen molar-refractivity contribution in [2.45, 2.75) is 23.5 Å². The fourth-order valence-corrected chi connectivity index (χ4v) is 4.23. The monoisotopic (exact) mass is 485 g/mol. The topological polar surface area (TPSA) is 81.1 Å². The van der Waals surface area contributed by atoms with Crippen molar-refractivity contribution in [2.24, 2.45) is 0 Å². The van der Waals surface area contributed by atoms with Crippen LogP contribution in [0, 0.1) is 0 Å². The molecule has 0 unspecified atom stereocenters. The number of alkyl halides is 5. The number of hydrogen-bond acceptors (Lipinski definition) is 4. The number of aromatic nitrogens is 2. The third-order valence-corrected chi connectivity index (χ3v) is 5.87. The van der Waals surface area contributed by atoms with Crippen LogP contribution in [0.25, 0.3) is 0 Å². The highest BCUT2D eigenvalue weighted by Crippen LogP contribution is 2.37. The van der Waals surface area contributed by atoms with E-state index < -0.39 is 50.3 Å². The van der Waals surface area contributed by atoms with Crippen molar-refractivity contribution in [1.29, 1.82) is 0 Å². The number of amides is 1. The van der Waals surface area contributed by atoms with E-state index in [-0.39, 0.29) is 14.6 Å². The maximum absolute atomic E-state index is 13.1. The van der Waals surface area contributed by atoms with Crippen molar-refractivity contribution in [3.63, 3.8) is 0 Å². The van der Waals surface area contributed by atoms with Crippen LogP contribution in [0.3, 0.4) is 0 Å². The molecule has 0 aliphatic heterocycles. The van der Waals surface area contributed by atoms with Crippen LogP contribution in [-0.2, 0) is 16.6 Å². The molecule has 15 heteroatoms. The first kappa shape index (κ1) is 22.7. The Morgan fingerprint density at radius 3 is 2.14 bits per heavy atom. The summed E-state index contributed by atoms with van der Waals surface area (Å²) in [5, 5.41) is -1.58. The zero-order valence-electron chi connectivity index (χ0n) is 13.1. The normalized spacial score (nSPS) is 12.9. The minimum Gasteiger partial charge on any atom is -0.315 e. The van der Waals surface area contributed by atoms with Crippen LogP contribution in [0.1, 0.15) is 10.5 Å². The van der Waals surface area contributed by atoms with Gasteiger partial charge in [-0.2, -0.15) is 22.0 Å². The Morgan fingerprint density at radius 1 is 1.11 bits per heavy atom. The SMILES string of the molecule is O=C(NS(=O)(=O)c1c(Cl)cccc1Cl)c1ncn(CC(F)(F)C(F)(F)F)c1Cl. The Morgan fingerprint density at radius 2 is 1.64 bits per heavy atom. The van der Waals surface area contributed by atoms with E-state index in [1.54, 1.807) is 0 Å². The lowest BCUT2D eigenvalue weighted by atomic mass is 10.3. The van der Waals surface area contributed by atoms with Gasteiger partial charge >= 0.3 is 12.1 Å². The van der Waals surface area contributed by atoms with Gasteiger partial charge in [0.1, 0.15) is 10.0 Å². The molecule has 0 bridgehead atoms. The molecule has 2 rings (SSSR count). The lowest BCUT2D eigenvalue weighted by Crippen LogP contribution is -2.40. The fourth-order valence-electron chi connectivity index (χ4n) is 1.89. The Hall–Kier alpha value is -1.63. The number of carbonyl (C=O) groups is 1. The minimum atomic E-state index is -5.87. The minimum absolute atomic E-state index is 0.152. The van der Waals surface area contributed by atoms with Gasteiger partial charge in [-0.1, -0.05) is 40.9 Å². The molecule has 0 saturated carbocycles. The molecule has 1 aromatic heterocycles. The van der Waals surface area contributed by atoms with Crippen LogP contribution in [0.2, 0.25) is 15.2 Å². The molecule has 0 fully saturated rings. The Kier molecular flexibility index (Phi) is 6.19. The highest BCUT2D eigenvalue weighted by atomic mass is 35.5. The summed E-state index contributed by atoms with van der Waals surface area (Å²) in [5.41, 5.74) is -0.897. The van der Waals surface area contributed by atoms with Gasteiger partial charge in [-0.25, -0.2) is 18.1 Å². The van der Waals surface area contributed by atoms with E-state index in [4.69, 9.17) is 34.8 Å². The van der Waals surface area contributed by atoms with Gasteiger partial charge in [0.05, 0.1) is 22.9 Å². The van der Waals surface area contributed by atoms with E-state index in [1.165, 1.54) is 22.9 Å². The molecule has 6 nitrogen and oxygen atoms in total. The Bertz CT molecular complexity index is 1000. The van der Waals surface area contributed by atoms with Crippen LogP contribution in [0.4, 0.5) is 22.0 Å². The number of hydrogen-bond donors (Lipinski definition) is 1. The summed E-state index contributed by atoms with van der Waals surface area (Å²) < 4.78 is 89.4. The smallest absolute Gasteiger partial charge is 0.315 e. The van der Waals surface area contributed by atoms with Crippen molar-refractivity contribution in [3.8, 4) is 0 Å². The predicted molar refractivity (Wildman–Crippen MR) is 89.4 cm³/mol. The maximum atomic E-state index is 13.1. The van der Waals surface area contributed by atoms with Gasteiger partial charge in [0.25, 0.3) is 15.9 Å². The highest BCUT2D eigenvalue weighted by Gasteiger charge is 2.57. The van der Waals surface area contributed by atoms with Crippen LogP contribution in [0.15, 0.2) is 29.4 Å². The summed E-state index contributed by atoms with van der Waals surface area (Å²) >= 11 is 17.1. The van der Waals surface area contributed by atoms with Crippen molar-refractivity contribution in [2.75, 3.05) is 0 Å². The number of nitrogens with zero attached hydrogens (tertiary/aromatic N) is 2. The van der Waals surface area contributed by atoms with Gasteiger partial charge in [0.2, 0.25) is 0 Å². The van der Waals surface area contributed by atoms with Crippen LogP contribution < -0.4 is 4.72 Å². The molecule has 0 atom stereocenters. The van der Waals surface area contributed by atoms with E-state index in [1.807, 2.05) is 0 Å². The van der Waals surface area contributed by atoms with E-state index in [0.717, 1.165) is 0 Å². The molecule has 0 saturated heterocycles. The second kappa shape index (κ2) is 7.65. The van der Waals surface area contributed by atoms with Crippen molar-refractivity contribution in [1.82, 2.24) is 14.3 Å². The van der Waals surface area contributed by atoms with Gasteiger partial charge in [-0.15, -0.1) is 0 Å². The lowest BCUT2D eigenvalue weighted by molar-refractivity contribution is -0.286. The molecule has 2 aromatic rings. The van der Waals surface area contributed by atoms with Gasteiger partial charge in [-0.3, -0.25) is 4.79 Å². The molecule has 1 N–H and O–H groups in total. The molecule has 28 heavy (non-hydrogen) atoms. The number of carbonyl (C=O) groups excluding carboxylic acids is 1. The van der Waals surface area contributed by atoms with Gasteiger partial charge in [0, 0.05) is 0 Å². The number of halogens is 8. The zero-order valence-corrected chi connectivity index (χ0v) is 16.2. The van der Waals surface area contributed by atoms with E-state index in [9.17, 15) is 35.2 Å². The first-order valence-corrected chi connectivity index (χ1v) is 9.45. The number of nitrogens with one attached hydrogen (secondary N) is 1. The van der Waals surface area contributed by atoms with E-state index in [0.29, 0.717) is 6.33 Å². The molecule has 0 spiro atoms. The summed E-state index contributed by atoms with van der Waals surface area (Å²) in [6, 6.07) is 3.69. The summed E-state index contributed by atoms with van der Waals surface area (Å²) in [5.74, 6) is -6.66. The van der Waals surface area contributed by atoms with Crippen molar-refractivity contribution >= 4 is 50.7 Å². The standard InChI is InChI=1S/C13H7Cl3F5N3O3S/c14-6-2-1-3-7(15)9(6)28(26,27)23-11(25)8-10(16)24(5-22-8)4-12(17,18)13(19,20)21/h1-3,5H,4H2,(H,23,25). The first-order valence-electron chi connectivity index (χ1n) is 6.83. The molecular formula is C13H7Cl3F5N3O3S. The van der Waals surface area contributed by atoms with E-state index in [2.05, 4.69) is 4.98 Å². The molecule has 154 valence electrons. The number of rotatable bonds is 5. The number of imidazole rings is 1. The first-order chi connectivity index (χ1) is 12.7. The average molecular weight is 487 g/mol. The number of sulfonamides is 1. The second-order valence-corrected chi connectivity index (χ2v) is 7.99. The summed E-state index contributed by atoms with van der Waals surface area (Å²) in [4.78, 5) is 14.8.